The van der Waals surface area contributed by atoms with E-state index >= 15 is 0 Å². The first-order chi connectivity index (χ1) is 13.6. The highest BCUT2D eigenvalue weighted by atomic mass is 16.6. The number of fused-ring (bicyclic) bond motifs is 6. The summed E-state index contributed by atoms with van der Waals surface area (Å²) in [6, 6.07) is 0. The largest absolute Gasteiger partial charge is 0.451 e. The topological polar surface area (TPSA) is 58.9 Å². The number of nitrogens with zero attached hydrogens (tertiary/aromatic N) is 1. The van der Waals surface area contributed by atoms with E-state index < -0.39 is 0 Å². The molecule has 5 aliphatic rings. The van der Waals surface area contributed by atoms with Gasteiger partial charge < -0.3 is 9.94 Å². The predicted molar refractivity (Wildman–Crippen MR) is 108 cm³/mol. The highest BCUT2D eigenvalue weighted by Gasteiger charge is 2.67. The van der Waals surface area contributed by atoms with Crippen LogP contribution in [0, 0.1) is 35.0 Å². The van der Waals surface area contributed by atoms with Crippen molar-refractivity contribution in [3.05, 3.63) is 36.5 Å². The van der Waals surface area contributed by atoms with Crippen LogP contribution in [0.3, 0.4) is 0 Å². The van der Waals surface area contributed by atoms with E-state index in [9.17, 15) is 10.0 Å². The number of oxime groups is 1. The molecule has 0 aromatic rings. The van der Waals surface area contributed by atoms with Crippen molar-refractivity contribution in [2.45, 2.75) is 63.9 Å². The molecule has 4 nitrogen and oxygen atoms in total. The zero-order valence-corrected chi connectivity index (χ0v) is 16.8. The van der Waals surface area contributed by atoms with Gasteiger partial charge in [0.1, 0.15) is 5.60 Å². The first kappa shape index (κ1) is 18.2. The standard InChI is InChI=1S/C24H31NO3/c1-3-15-13-16-14-17(25-27)5-6-18(16)19-7-10-23(4-2)20(22(15)19)8-11-24(23)12-9-21(26)28-24/h3,9,12,14-15,18-20,22,27H,1,4-8,10-11,13H2,2H3/b25-17+/t15?,18-,19?,20?,22?,23-,24+/m0/s1. The van der Waals surface area contributed by atoms with Gasteiger partial charge in [-0.25, -0.2) is 4.79 Å². The van der Waals surface area contributed by atoms with Gasteiger partial charge in [-0.3, -0.25) is 0 Å². The lowest BCUT2D eigenvalue weighted by Crippen LogP contribution is -2.55. The van der Waals surface area contributed by atoms with E-state index in [0.717, 1.165) is 50.7 Å². The van der Waals surface area contributed by atoms with Gasteiger partial charge >= 0.3 is 5.97 Å². The number of esters is 1. The van der Waals surface area contributed by atoms with Crippen molar-refractivity contribution < 1.29 is 14.7 Å². The molecule has 3 saturated carbocycles. The Morgan fingerprint density at radius 1 is 1.36 bits per heavy atom. The fourth-order valence-corrected chi connectivity index (χ4v) is 8.07. The van der Waals surface area contributed by atoms with Crippen LogP contribution in [0.5, 0.6) is 0 Å². The van der Waals surface area contributed by atoms with Crippen molar-refractivity contribution in [3.63, 3.8) is 0 Å². The number of ether oxygens (including phenoxy) is 1. The molecule has 0 saturated heterocycles. The normalized spacial score (nSPS) is 48.0. The van der Waals surface area contributed by atoms with Gasteiger partial charge in [-0.15, -0.1) is 6.58 Å². The Bertz CT molecular complexity index is 796. The molecule has 0 radical (unpaired) electrons. The molecule has 0 amide bonds. The molecule has 1 N–H and O–H groups in total. The second-order valence-electron chi connectivity index (χ2n) is 9.64. The highest BCUT2D eigenvalue weighted by molar-refractivity contribution is 5.96. The van der Waals surface area contributed by atoms with E-state index in [1.807, 2.05) is 0 Å². The van der Waals surface area contributed by atoms with Gasteiger partial charge in [0.15, 0.2) is 0 Å². The molecule has 1 spiro atoms. The van der Waals surface area contributed by atoms with Gasteiger partial charge in [0, 0.05) is 11.5 Å². The quantitative estimate of drug-likeness (QED) is 0.315. The lowest BCUT2D eigenvalue weighted by atomic mass is 9.47. The molecule has 0 bridgehead atoms. The summed E-state index contributed by atoms with van der Waals surface area (Å²) in [5.74, 6) is 2.78. The molecule has 3 fully saturated rings. The van der Waals surface area contributed by atoms with Crippen molar-refractivity contribution >= 4 is 11.7 Å². The van der Waals surface area contributed by atoms with Gasteiger partial charge in [-0.05, 0) is 93.1 Å². The van der Waals surface area contributed by atoms with Gasteiger partial charge in [0.05, 0.1) is 5.71 Å². The number of hydrogen-bond donors (Lipinski definition) is 1. The number of carbonyl (C=O) groups excluding carboxylic acids is 1. The van der Waals surface area contributed by atoms with Crippen LogP contribution in [0.1, 0.15) is 58.3 Å². The minimum absolute atomic E-state index is 0.0751. The predicted octanol–water partition coefficient (Wildman–Crippen LogP) is 5.04. The Hall–Kier alpha value is -1.84. The van der Waals surface area contributed by atoms with E-state index in [4.69, 9.17) is 4.74 Å². The van der Waals surface area contributed by atoms with E-state index in [-0.39, 0.29) is 17.0 Å². The molecular weight excluding hydrogens is 350 g/mol. The number of carbonyl (C=O) groups is 1. The van der Waals surface area contributed by atoms with Gasteiger partial charge in [-0.1, -0.05) is 23.7 Å². The summed E-state index contributed by atoms with van der Waals surface area (Å²) >= 11 is 0. The molecule has 28 heavy (non-hydrogen) atoms. The van der Waals surface area contributed by atoms with Crippen LogP contribution in [0.4, 0.5) is 0 Å². The lowest BCUT2D eigenvalue weighted by Gasteiger charge is -2.58. The number of allylic oxidation sites excluding steroid dienone is 3. The van der Waals surface area contributed by atoms with Crippen LogP contribution in [0.15, 0.2) is 41.6 Å². The van der Waals surface area contributed by atoms with Crippen LogP contribution >= 0.6 is 0 Å². The van der Waals surface area contributed by atoms with Crippen molar-refractivity contribution in [3.8, 4) is 0 Å². The Balaban J connectivity index is 1.54. The smallest absolute Gasteiger partial charge is 0.331 e. The molecule has 0 aromatic heterocycles. The fraction of sp³-hybridized carbons (Fsp3) is 0.667. The van der Waals surface area contributed by atoms with Gasteiger partial charge in [0.25, 0.3) is 0 Å². The van der Waals surface area contributed by atoms with Crippen LogP contribution in [-0.4, -0.2) is 22.5 Å². The van der Waals surface area contributed by atoms with E-state index in [1.54, 1.807) is 6.08 Å². The molecular formula is C24H31NO3. The summed E-state index contributed by atoms with van der Waals surface area (Å²) in [6.07, 6.45) is 16.6. The highest BCUT2D eigenvalue weighted by Crippen LogP contribution is 2.69. The third-order valence-corrected chi connectivity index (χ3v) is 9.12. The lowest BCUT2D eigenvalue weighted by molar-refractivity contribution is -0.165. The second-order valence-corrected chi connectivity index (χ2v) is 9.64. The SMILES string of the molecule is C=CC1CC2=C/C(=N/O)CC[C@@H]2C2CC[C@@]3(CC)C(CC[C@@]34C=CC(=O)O4)C12. The summed E-state index contributed by atoms with van der Waals surface area (Å²) in [5.41, 5.74) is 1.99. The van der Waals surface area contributed by atoms with E-state index in [2.05, 4.69) is 36.9 Å². The average molecular weight is 382 g/mol. The molecule has 7 atom stereocenters. The maximum Gasteiger partial charge on any atom is 0.331 e. The van der Waals surface area contributed by atoms with Crippen LogP contribution in [0.2, 0.25) is 0 Å². The van der Waals surface area contributed by atoms with Crippen molar-refractivity contribution in [1.82, 2.24) is 0 Å². The summed E-state index contributed by atoms with van der Waals surface area (Å²) in [4.78, 5) is 12.0. The van der Waals surface area contributed by atoms with Crippen LogP contribution in [-0.2, 0) is 9.53 Å². The minimum Gasteiger partial charge on any atom is -0.451 e. The van der Waals surface area contributed by atoms with E-state index in [1.165, 1.54) is 12.0 Å². The minimum atomic E-state index is -0.375. The Labute approximate surface area is 167 Å². The Kier molecular flexibility index (Phi) is 4.12. The molecule has 4 heteroatoms. The molecule has 0 aromatic carbocycles. The molecule has 150 valence electrons. The van der Waals surface area contributed by atoms with Crippen LogP contribution in [0.25, 0.3) is 0 Å². The van der Waals surface area contributed by atoms with Crippen molar-refractivity contribution in [1.29, 1.82) is 0 Å². The fourth-order valence-electron chi connectivity index (χ4n) is 8.07. The zero-order valence-electron chi connectivity index (χ0n) is 16.8. The molecule has 1 heterocycles. The first-order valence-electron chi connectivity index (χ1n) is 11.0. The molecule has 5 rings (SSSR count). The first-order valence-corrected chi connectivity index (χ1v) is 11.0. The van der Waals surface area contributed by atoms with Crippen molar-refractivity contribution in [2.24, 2.45) is 40.2 Å². The van der Waals surface area contributed by atoms with Gasteiger partial charge in [-0.2, -0.15) is 0 Å². The number of hydrogen-bond acceptors (Lipinski definition) is 4. The molecule has 1 aliphatic heterocycles. The van der Waals surface area contributed by atoms with Crippen molar-refractivity contribution in [2.75, 3.05) is 0 Å². The van der Waals surface area contributed by atoms with E-state index in [0.29, 0.717) is 29.6 Å². The summed E-state index contributed by atoms with van der Waals surface area (Å²) in [5, 5.41) is 12.7. The third-order valence-electron chi connectivity index (χ3n) is 9.12. The zero-order chi connectivity index (χ0) is 19.5. The summed E-state index contributed by atoms with van der Waals surface area (Å²) in [6.45, 7) is 6.50. The average Bonchev–Trinajstić information content (AvgIpc) is 3.27. The monoisotopic (exact) mass is 381 g/mol. The maximum absolute atomic E-state index is 12.0. The molecule has 4 aliphatic carbocycles. The summed E-state index contributed by atoms with van der Waals surface area (Å²) < 4.78 is 6.03. The van der Waals surface area contributed by atoms with Gasteiger partial charge in [0.2, 0.25) is 0 Å². The number of rotatable bonds is 2. The van der Waals surface area contributed by atoms with Crippen LogP contribution < -0.4 is 0 Å². The summed E-state index contributed by atoms with van der Waals surface area (Å²) in [7, 11) is 0. The Morgan fingerprint density at radius 3 is 2.89 bits per heavy atom. The second kappa shape index (κ2) is 6.33. The Morgan fingerprint density at radius 2 is 2.21 bits per heavy atom. The maximum atomic E-state index is 12.0. The molecule has 4 unspecified atom stereocenters. The third kappa shape index (κ3) is 2.23.